The zero-order valence-corrected chi connectivity index (χ0v) is 13.5. The van der Waals surface area contributed by atoms with Gasteiger partial charge in [0.05, 0.1) is 26.9 Å². The maximum absolute atomic E-state index is 5.50. The highest BCUT2D eigenvalue weighted by atomic mass is 32.1. The van der Waals surface area contributed by atoms with E-state index in [0.717, 1.165) is 11.4 Å². The van der Waals surface area contributed by atoms with Gasteiger partial charge in [-0.3, -0.25) is 0 Å². The minimum Gasteiger partial charge on any atom is -0.463 e. The Morgan fingerprint density at radius 3 is 2.52 bits per heavy atom. The number of quaternary nitrogens is 1. The maximum Gasteiger partial charge on any atom is 0.171 e. The highest BCUT2D eigenvalue weighted by Crippen LogP contribution is 2.10. The number of anilines is 1. The summed E-state index contributed by atoms with van der Waals surface area (Å²) in [6.07, 6.45) is 1.70. The molecule has 0 aliphatic rings. The first-order chi connectivity index (χ1) is 10.1. The van der Waals surface area contributed by atoms with Gasteiger partial charge in [-0.25, -0.2) is 0 Å². The van der Waals surface area contributed by atoms with Crippen molar-refractivity contribution in [2.24, 2.45) is 0 Å². The summed E-state index contributed by atoms with van der Waals surface area (Å²) in [6.45, 7) is 2.78. The van der Waals surface area contributed by atoms with Gasteiger partial charge >= 0.3 is 0 Å². The van der Waals surface area contributed by atoms with Gasteiger partial charge in [-0.15, -0.1) is 0 Å². The second kappa shape index (κ2) is 7.24. The fourth-order valence-electron chi connectivity index (χ4n) is 2.09. The molecule has 0 aliphatic carbocycles. The summed E-state index contributed by atoms with van der Waals surface area (Å²) in [5, 5.41) is 7.07. The van der Waals surface area contributed by atoms with Crippen LogP contribution in [0.2, 0.25) is 0 Å². The van der Waals surface area contributed by atoms with E-state index in [9.17, 15) is 0 Å². The van der Waals surface area contributed by atoms with E-state index in [1.807, 2.05) is 24.3 Å². The Hall–Kier alpha value is -1.85. The van der Waals surface area contributed by atoms with E-state index in [1.165, 1.54) is 10.5 Å². The van der Waals surface area contributed by atoms with Crippen LogP contribution in [0.3, 0.4) is 0 Å². The summed E-state index contributed by atoms with van der Waals surface area (Å²) in [5.74, 6) is 0.959. The van der Waals surface area contributed by atoms with Crippen molar-refractivity contribution in [2.75, 3.05) is 26.0 Å². The summed E-state index contributed by atoms with van der Waals surface area (Å²) < 4.78 is 5.50. The second-order valence-corrected chi connectivity index (χ2v) is 5.75. The van der Waals surface area contributed by atoms with Crippen LogP contribution < -0.4 is 15.5 Å². The Balaban J connectivity index is 1.89. The molecule has 3 N–H and O–H groups in total. The fraction of sp³-hybridized carbons (Fsp3) is 0.312. The molecule has 0 unspecified atom stereocenters. The molecule has 0 aliphatic heterocycles. The van der Waals surface area contributed by atoms with Crippen LogP contribution in [-0.2, 0) is 0 Å². The van der Waals surface area contributed by atoms with Crippen molar-refractivity contribution in [3.8, 4) is 0 Å². The summed E-state index contributed by atoms with van der Waals surface area (Å²) in [6, 6.07) is 12.3. The molecule has 0 amide bonds. The van der Waals surface area contributed by atoms with Gasteiger partial charge in [0.15, 0.2) is 16.9 Å². The number of thiocarbonyl (C=S) groups is 1. The summed E-state index contributed by atoms with van der Waals surface area (Å²) in [5.41, 5.74) is 2.22. The minimum atomic E-state index is 0.220. The number of nitrogens with one attached hydrogen (secondary N) is 3. The van der Waals surface area contributed by atoms with E-state index in [0.29, 0.717) is 11.7 Å². The van der Waals surface area contributed by atoms with Crippen LogP contribution in [0.4, 0.5) is 5.69 Å². The minimum absolute atomic E-state index is 0.220. The van der Waals surface area contributed by atoms with Crippen LogP contribution in [-0.4, -0.2) is 25.8 Å². The molecule has 2 rings (SSSR count). The molecular formula is C16H22N3OS+. The van der Waals surface area contributed by atoms with Gasteiger partial charge < -0.3 is 20.0 Å². The quantitative estimate of drug-likeness (QED) is 0.736. The van der Waals surface area contributed by atoms with Gasteiger partial charge in [-0.2, -0.15) is 0 Å². The lowest BCUT2D eigenvalue weighted by molar-refractivity contribution is -0.891. The molecule has 0 saturated heterocycles. The molecule has 4 nitrogen and oxygen atoms in total. The first-order valence-corrected chi connectivity index (χ1v) is 7.42. The van der Waals surface area contributed by atoms with Gasteiger partial charge in [0, 0.05) is 5.69 Å². The third kappa shape index (κ3) is 4.58. The van der Waals surface area contributed by atoms with Gasteiger partial charge in [0.1, 0.15) is 0 Å². The molecule has 112 valence electrons. The van der Waals surface area contributed by atoms with Crippen LogP contribution >= 0.6 is 12.2 Å². The lowest BCUT2D eigenvalue weighted by atomic mass is 10.2. The predicted octanol–water partition coefficient (Wildman–Crippen LogP) is 1.76. The van der Waals surface area contributed by atoms with Crippen molar-refractivity contribution in [2.45, 2.75) is 13.0 Å². The fourth-order valence-corrected chi connectivity index (χ4v) is 2.29. The van der Waals surface area contributed by atoms with E-state index in [-0.39, 0.29) is 6.04 Å². The molecule has 1 aromatic carbocycles. The van der Waals surface area contributed by atoms with E-state index in [1.54, 1.807) is 6.26 Å². The second-order valence-electron chi connectivity index (χ2n) is 5.35. The van der Waals surface area contributed by atoms with Crippen molar-refractivity contribution in [3.63, 3.8) is 0 Å². The molecule has 0 spiro atoms. The molecule has 0 bridgehead atoms. The molecule has 1 aromatic heterocycles. The Labute approximate surface area is 131 Å². The largest absolute Gasteiger partial charge is 0.463 e. The number of furan rings is 1. The number of likely N-dealkylation sites (N-methyl/N-ethyl adjacent to an activating group) is 1. The van der Waals surface area contributed by atoms with E-state index >= 15 is 0 Å². The molecule has 2 aromatic rings. The van der Waals surface area contributed by atoms with E-state index in [4.69, 9.17) is 16.6 Å². The number of aryl methyl sites for hydroxylation is 1. The van der Waals surface area contributed by atoms with Crippen LogP contribution in [0.15, 0.2) is 47.1 Å². The standard InChI is InChI=1S/C16H21N3OS/c1-12-6-8-13(9-7-12)18-16(21)17-11-14(19(2)3)15-5-4-10-20-15/h4-10,14H,11H2,1-3H3,(H2,17,18,21)/p+1/t14-/m0/s1. The number of rotatable bonds is 5. The maximum atomic E-state index is 5.50. The van der Waals surface area contributed by atoms with Gasteiger partial charge in [0.25, 0.3) is 0 Å². The highest BCUT2D eigenvalue weighted by molar-refractivity contribution is 7.80. The normalized spacial score (nSPS) is 12.2. The molecular weight excluding hydrogens is 282 g/mol. The van der Waals surface area contributed by atoms with Crippen molar-refractivity contribution >= 4 is 23.0 Å². The highest BCUT2D eigenvalue weighted by Gasteiger charge is 2.20. The van der Waals surface area contributed by atoms with Crippen molar-refractivity contribution in [3.05, 3.63) is 54.0 Å². The average molecular weight is 304 g/mol. The predicted molar refractivity (Wildman–Crippen MR) is 89.7 cm³/mol. The van der Waals surface area contributed by atoms with Crippen LogP contribution in [0.5, 0.6) is 0 Å². The first-order valence-electron chi connectivity index (χ1n) is 7.01. The van der Waals surface area contributed by atoms with Crippen LogP contribution in [0.1, 0.15) is 17.4 Å². The Morgan fingerprint density at radius 2 is 1.95 bits per heavy atom. The lowest BCUT2D eigenvalue weighted by Gasteiger charge is -2.20. The van der Waals surface area contributed by atoms with Crippen molar-refractivity contribution < 1.29 is 9.32 Å². The zero-order valence-electron chi connectivity index (χ0n) is 12.6. The Bertz CT molecular complexity index is 564. The molecule has 1 heterocycles. The molecule has 5 heteroatoms. The van der Waals surface area contributed by atoms with Gasteiger partial charge in [-0.1, -0.05) is 17.7 Å². The van der Waals surface area contributed by atoms with Gasteiger partial charge in [-0.05, 0) is 43.4 Å². The summed E-state index contributed by atoms with van der Waals surface area (Å²) in [4.78, 5) is 1.29. The number of benzene rings is 1. The van der Waals surface area contributed by atoms with Crippen molar-refractivity contribution in [1.29, 1.82) is 0 Å². The molecule has 1 atom stereocenters. The Morgan fingerprint density at radius 1 is 1.24 bits per heavy atom. The lowest BCUT2D eigenvalue weighted by Crippen LogP contribution is -3.07. The molecule has 0 fully saturated rings. The average Bonchev–Trinajstić information content (AvgIpc) is 2.95. The van der Waals surface area contributed by atoms with Crippen LogP contribution in [0, 0.1) is 6.92 Å². The number of hydrogen-bond acceptors (Lipinski definition) is 2. The zero-order chi connectivity index (χ0) is 15.2. The van der Waals surface area contributed by atoms with Gasteiger partial charge in [0.2, 0.25) is 0 Å². The molecule has 0 radical (unpaired) electrons. The Kier molecular flexibility index (Phi) is 5.36. The van der Waals surface area contributed by atoms with E-state index < -0.39 is 0 Å². The third-order valence-electron chi connectivity index (χ3n) is 3.36. The third-order valence-corrected chi connectivity index (χ3v) is 3.61. The molecule has 21 heavy (non-hydrogen) atoms. The first kappa shape index (κ1) is 15.5. The number of hydrogen-bond donors (Lipinski definition) is 3. The molecule has 0 saturated carbocycles. The van der Waals surface area contributed by atoms with Crippen molar-refractivity contribution in [1.82, 2.24) is 5.32 Å². The monoisotopic (exact) mass is 304 g/mol. The summed E-state index contributed by atoms with van der Waals surface area (Å²) >= 11 is 5.34. The topological polar surface area (TPSA) is 41.6 Å². The summed E-state index contributed by atoms with van der Waals surface area (Å²) in [7, 11) is 4.20. The smallest absolute Gasteiger partial charge is 0.171 e. The SMILES string of the molecule is Cc1ccc(NC(=S)NC[C@@H](c2ccco2)[NH+](C)C)cc1. The van der Waals surface area contributed by atoms with Crippen LogP contribution in [0.25, 0.3) is 0 Å². The van der Waals surface area contributed by atoms with E-state index in [2.05, 4.69) is 43.8 Å².